The smallest absolute Gasteiger partial charge is 0.0789 e. The van der Waals surface area contributed by atoms with E-state index in [2.05, 4.69) is 10.4 Å². The average Bonchev–Trinajstić information content (AvgIpc) is 2.50. The Kier molecular flexibility index (Phi) is 3.16. The van der Waals surface area contributed by atoms with Crippen molar-refractivity contribution in [2.45, 2.75) is 45.9 Å². The molecule has 1 unspecified atom stereocenters. The molecule has 0 spiro atoms. The van der Waals surface area contributed by atoms with Crippen LogP contribution in [-0.4, -0.2) is 26.5 Å². The van der Waals surface area contributed by atoms with Crippen molar-refractivity contribution in [3.8, 4) is 0 Å². The Hall–Kier alpha value is -1.03. The van der Waals surface area contributed by atoms with Crippen LogP contribution in [0.2, 0.25) is 0 Å². The van der Waals surface area contributed by atoms with E-state index in [4.69, 9.17) is 0 Å². The number of aromatic nitrogens is 2. The summed E-state index contributed by atoms with van der Waals surface area (Å²) in [6.45, 7) is 8.42. The number of anilines is 1. The van der Waals surface area contributed by atoms with Gasteiger partial charge in [0.05, 0.1) is 23.5 Å². The summed E-state index contributed by atoms with van der Waals surface area (Å²) < 4.78 is 1.85. The second kappa shape index (κ2) is 4.00. The van der Waals surface area contributed by atoms with E-state index in [1.807, 2.05) is 24.7 Å². The first-order valence-electron chi connectivity index (χ1n) is 4.95. The number of aryl methyl sites for hydroxylation is 1. The Morgan fingerprint density at radius 1 is 1.64 bits per heavy atom. The van der Waals surface area contributed by atoms with Gasteiger partial charge >= 0.3 is 0 Å². The van der Waals surface area contributed by atoms with E-state index in [0.29, 0.717) is 0 Å². The average molecular weight is 197 g/mol. The van der Waals surface area contributed by atoms with Crippen molar-refractivity contribution in [2.24, 2.45) is 0 Å². The first kappa shape index (κ1) is 11.0. The summed E-state index contributed by atoms with van der Waals surface area (Å²) in [5.41, 5.74) is 0.218. The molecular weight excluding hydrogens is 178 g/mol. The number of nitrogens with one attached hydrogen (secondary N) is 1. The highest BCUT2D eigenvalue weighted by molar-refractivity contribution is 5.39. The molecule has 4 nitrogen and oxygen atoms in total. The minimum atomic E-state index is -0.728. The molecule has 0 aliphatic rings. The fourth-order valence-corrected chi connectivity index (χ4v) is 1.04. The van der Waals surface area contributed by atoms with E-state index < -0.39 is 5.60 Å². The molecule has 14 heavy (non-hydrogen) atoms. The zero-order chi connectivity index (χ0) is 10.8. The van der Waals surface area contributed by atoms with Gasteiger partial charge in [-0.15, -0.1) is 0 Å². The van der Waals surface area contributed by atoms with Gasteiger partial charge in [0.25, 0.3) is 0 Å². The Bertz CT molecular complexity index is 288. The lowest BCUT2D eigenvalue weighted by Crippen LogP contribution is -2.39. The zero-order valence-electron chi connectivity index (χ0n) is 9.28. The second-order valence-electron chi connectivity index (χ2n) is 4.10. The van der Waals surface area contributed by atoms with Gasteiger partial charge in [0, 0.05) is 12.7 Å². The van der Waals surface area contributed by atoms with Crippen molar-refractivity contribution in [1.29, 1.82) is 0 Å². The van der Waals surface area contributed by atoms with E-state index in [9.17, 15) is 5.11 Å². The third kappa shape index (κ3) is 2.73. The van der Waals surface area contributed by atoms with Crippen LogP contribution < -0.4 is 5.32 Å². The van der Waals surface area contributed by atoms with E-state index in [1.165, 1.54) is 0 Å². The summed E-state index contributed by atoms with van der Waals surface area (Å²) in [6, 6.07) is -0.00277. The molecule has 0 bridgehead atoms. The molecule has 2 N–H and O–H groups in total. The minimum Gasteiger partial charge on any atom is -0.388 e. The van der Waals surface area contributed by atoms with Gasteiger partial charge in [0.1, 0.15) is 0 Å². The Morgan fingerprint density at radius 3 is 2.71 bits per heavy atom. The van der Waals surface area contributed by atoms with Crippen LogP contribution in [0.1, 0.15) is 27.7 Å². The summed E-state index contributed by atoms with van der Waals surface area (Å²) in [7, 11) is 0. The number of rotatable bonds is 4. The number of aliphatic hydroxyl groups is 1. The predicted octanol–water partition coefficient (Wildman–Crippen LogP) is 1.47. The molecule has 0 saturated heterocycles. The van der Waals surface area contributed by atoms with Gasteiger partial charge < -0.3 is 10.4 Å². The predicted molar refractivity (Wildman–Crippen MR) is 57.3 cm³/mol. The van der Waals surface area contributed by atoms with Gasteiger partial charge in [-0.1, -0.05) is 0 Å². The van der Waals surface area contributed by atoms with E-state index in [1.54, 1.807) is 20.0 Å². The number of hydrogen-bond donors (Lipinski definition) is 2. The quantitative estimate of drug-likeness (QED) is 0.768. The zero-order valence-corrected chi connectivity index (χ0v) is 9.28. The van der Waals surface area contributed by atoms with Crippen LogP contribution in [0.15, 0.2) is 12.4 Å². The number of hydrogen-bond acceptors (Lipinski definition) is 3. The van der Waals surface area contributed by atoms with Crippen LogP contribution >= 0.6 is 0 Å². The Labute approximate surface area is 84.9 Å². The molecule has 1 rings (SSSR count). The summed E-state index contributed by atoms with van der Waals surface area (Å²) in [5.74, 6) is 0. The molecule has 1 aromatic rings. The first-order valence-corrected chi connectivity index (χ1v) is 4.95. The largest absolute Gasteiger partial charge is 0.388 e. The molecule has 0 fully saturated rings. The van der Waals surface area contributed by atoms with E-state index >= 15 is 0 Å². The second-order valence-corrected chi connectivity index (χ2v) is 4.10. The molecule has 0 radical (unpaired) electrons. The maximum atomic E-state index is 9.72. The molecule has 1 aromatic heterocycles. The first-order chi connectivity index (χ1) is 6.43. The maximum Gasteiger partial charge on any atom is 0.0789 e. The summed E-state index contributed by atoms with van der Waals surface area (Å²) in [4.78, 5) is 0. The summed E-state index contributed by atoms with van der Waals surface area (Å²) in [6.07, 6.45) is 3.70. The highest BCUT2D eigenvalue weighted by atomic mass is 16.3. The van der Waals surface area contributed by atoms with Crippen molar-refractivity contribution in [2.75, 3.05) is 5.32 Å². The summed E-state index contributed by atoms with van der Waals surface area (Å²) in [5, 5.41) is 17.1. The molecule has 1 atom stereocenters. The molecular formula is C10H19N3O. The number of nitrogens with zero attached hydrogens (tertiary/aromatic N) is 2. The van der Waals surface area contributed by atoms with Crippen LogP contribution in [0.25, 0.3) is 0 Å². The van der Waals surface area contributed by atoms with Crippen LogP contribution in [0.5, 0.6) is 0 Å². The van der Waals surface area contributed by atoms with E-state index in [0.717, 1.165) is 12.2 Å². The van der Waals surface area contributed by atoms with Gasteiger partial charge in [-0.3, -0.25) is 4.68 Å². The molecule has 0 aromatic carbocycles. The van der Waals surface area contributed by atoms with Gasteiger partial charge in [-0.25, -0.2) is 0 Å². The van der Waals surface area contributed by atoms with Crippen molar-refractivity contribution in [3.05, 3.63) is 12.4 Å². The van der Waals surface area contributed by atoms with Gasteiger partial charge in [0.2, 0.25) is 0 Å². The van der Waals surface area contributed by atoms with Crippen LogP contribution in [0, 0.1) is 0 Å². The lowest BCUT2D eigenvalue weighted by molar-refractivity contribution is 0.0649. The normalized spacial score (nSPS) is 14.1. The van der Waals surface area contributed by atoms with Crippen molar-refractivity contribution in [3.63, 3.8) is 0 Å². The van der Waals surface area contributed by atoms with Gasteiger partial charge in [0.15, 0.2) is 0 Å². The molecule has 0 saturated carbocycles. The Morgan fingerprint density at radius 2 is 2.29 bits per heavy atom. The lowest BCUT2D eigenvalue weighted by atomic mass is 10.0. The van der Waals surface area contributed by atoms with Crippen molar-refractivity contribution in [1.82, 2.24) is 9.78 Å². The fourth-order valence-electron chi connectivity index (χ4n) is 1.04. The van der Waals surface area contributed by atoms with Crippen molar-refractivity contribution >= 4 is 5.69 Å². The minimum absolute atomic E-state index is 0.00277. The molecule has 80 valence electrons. The van der Waals surface area contributed by atoms with Crippen LogP contribution in [0.4, 0.5) is 5.69 Å². The van der Waals surface area contributed by atoms with Crippen molar-refractivity contribution < 1.29 is 5.11 Å². The van der Waals surface area contributed by atoms with E-state index in [-0.39, 0.29) is 6.04 Å². The topological polar surface area (TPSA) is 50.1 Å². The third-order valence-corrected chi connectivity index (χ3v) is 2.40. The van der Waals surface area contributed by atoms with Crippen LogP contribution in [0.3, 0.4) is 0 Å². The molecule has 0 aliphatic carbocycles. The van der Waals surface area contributed by atoms with Crippen LogP contribution in [-0.2, 0) is 6.54 Å². The molecule has 0 amide bonds. The maximum absolute atomic E-state index is 9.72. The van der Waals surface area contributed by atoms with Gasteiger partial charge in [-0.05, 0) is 27.7 Å². The SMILES string of the molecule is CCn1cc(NC(C)C(C)(C)O)cn1. The third-order valence-electron chi connectivity index (χ3n) is 2.40. The molecule has 0 aliphatic heterocycles. The fraction of sp³-hybridized carbons (Fsp3) is 0.700. The molecule has 1 heterocycles. The monoisotopic (exact) mass is 197 g/mol. The van der Waals surface area contributed by atoms with Gasteiger partial charge in [-0.2, -0.15) is 5.10 Å². The highest BCUT2D eigenvalue weighted by Crippen LogP contribution is 2.14. The standard InChI is InChI=1S/C10H19N3O/c1-5-13-7-9(6-11-13)12-8(2)10(3,4)14/h6-8,12,14H,5H2,1-4H3. The summed E-state index contributed by atoms with van der Waals surface area (Å²) >= 11 is 0. The highest BCUT2D eigenvalue weighted by Gasteiger charge is 2.22. The molecule has 4 heteroatoms. The Balaban J connectivity index is 2.60. The lowest BCUT2D eigenvalue weighted by Gasteiger charge is -2.26.